The highest BCUT2D eigenvalue weighted by Gasteiger charge is 2.22. The first kappa shape index (κ1) is 14.0. The van der Waals surface area contributed by atoms with Crippen LogP contribution in [0.25, 0.3) is 0 Å². The lowest BCUT2D eigenvalue weighted by molar-refractivity contribution is -0.384. The van der Waals surface area contributed by atoms with Crippen molar-refractivity contribution in [3.05, 3.63) is 33.9 Å². The Kier molecular flexibility index (Phi) is 4.27. The third-order valence-corrected chi connectivity index (χ3v) is 2.67. The Morgan fingerprint density at radius 1 is 1.50 bits per heavy atom. The fourth-order valence-corrected chi connectivity index (χ4v) is 1.91. The van der Waals surface area contributed by atoms with E-state index in [1.165, 1.54) is 6.07 Å². The second-order valence-electron chi connectivity index (χ2n) is 4.86. The zero-order valence-electron chi connectivity index (χ0n) is 10.9. The molecule has 1 aromatic carbocycles. The van der Waals surface area contributed by atoms with E-state index in [2.05, 4.69) is 12.2 Å². The van der Waals surface area contributed by atoms with Gasteiger partial charge in [-0.05, 0) is 32.4 Å². The maximum Gasteiger partial charge on any atom is 0.293 e. The Morgan fingerprint density at radius 3 is 2.67 bits per heavy atom. The predicted octanol–water partition coefficient (Wildman–Crippen LogP) is 3.46. The van der Waals surface area contributed by atoms with Crippen LogP contribution in [0.4, 0.5) is 11.4 Å². The molecule has 1 aromatic rings. The number of nitriles is 1. The van der Waals surface area contributed by atoms with E-state index >= 15 is 0 Å². The Bertz CT molecular complexity index is 489. The molecule has 5 nitrogen and oxygen atoms in total. The van der Waals surface area contributed by atoms with E-state index in [-0.39, 0.29) is 11.2 Å². The Balaban J connectivity index is 3.10. The number of hydrogen-bond acceptors (Lipinski definition) is 4. The van der Waals surface area contributed by atoms with E-state index in [1.54, 1.807) is 12.1 Å². The molecule has 0 amide bonds. The average molecular weight is 247 g/mol. The van der Waals surface area contributed by atoms with Gasteiger partial charge in [0.15, 0.2) is 0 Å². The van der Waals surface area contributed by atoms with Crippen molar-refractivity contribution in [3.63, 3.8) is 0 Å². The summed E-state index contributed by atoms with van der Waals surface area (Å²) in [5.74, 6) is 0. The molecule has 0 unspecified atom stereocenters. The lowest BCUT2D eigenvalue weighted by Crippen LogP contribution is -2.30. The highest BCUT2D eigenvalue weighted by Crippen LogP contribution is 2.29. The van der Waals surface area contributed by atoms with Crippen LogP contribution >= 0.6 is 0 Å². The topological polar surface area (TPSA) is 79.0 Å². The molecule has 0 bridgehead atoms. The van der Waals surface area contributed by atoms with Crippen molar-refractivity contribution >= 4 is 11.4 Å². The van der Waals surface area contributed by atoms with Gasteiger partial charge in [-0.1, -0.05) is 13.3 Å². The maximum absolute atomic E-state index is 11.0. The van der Waals surface area contributed by atoms with Crippen molar-refractivity contribution in [1.82, 2.24) is 0 Å². The van der Waals surface area contributed by atoms with Crippen molar-refractivity contribution in [2.45, 2.75) is 39.2 Å². The minimum atomic E-state index is -0.467. The molecule has 0 heterocycles. The molecule has 1 rings (SSSR count). The number of hydrogen-bond donors (Lipinski definition) is 1. The Labute approximate surface area is 107 Å². The first-order chi connectivity index (χ1) is 8.39. The maximum atomic E-state index is 11.0. The van der Waals surface area contributed by atoms with Gasteiger partial charge in [-0.3, -0.25) is 10.1 Å². The minimum absolute atomic E-state index is 0.0572. The van der Waals surface area contributed by atoms with Crippen LogP contribution in [0.5, 0.6) is 0 Å². The average Bonchev–Trinajstić information content (AvgIpc) is 2.28. The van der Waals surface area contributed by atoms with Crippen LogP contribution in [0.3, 0.4) is 0 Å². The number of rotatable bonds is 5. The molecule has 18 heavy (non-hydrogen) atoms. The molecule has 0 spiro atoms. The summed E-state index contributed by atoms with van der Waals surface area (Å²) in [7, 11) is 0. The first-order valence-electron chi connectivity index (χ1n) is 5.86. The molecule has 0 aliphatic heterocycles. The van der Waals surface area contributed by atoms with Gasteiger partial charge in [0, 0.05) is 11.6 Å². The predicted molar refractivity (Wildman–Crippen MR) is 70.4 cm³/mol. The molecule has 0 saturated heterocycles. The molecule has 0 saturated carbocycles. The highest BCUT2D eigenvalue weighted by molar-refractivity contribution is 5.64. The number of nitrogens with one attached hydrogen (secondary N) is 1. The van der Waals surface area contributed by atoms with Crippen LogP contribution in [0.15, 0.2) is 18.2 Å². The number of nitro groups is 1. The minimum Gasteiger partial charge on any atom is -0.375 e. The Hall–Kier alpha value is -2.09. The van der Waals surface area contributed by atoms with Gasteiger partial charge in [0.2, 0.25) is 0 Å². The van der Waals surface area contributed by atoms with Crippen LogP contribution in [0.1, 0.15) is 39.2 Å². The molecule has 5 heteroatoms. The van der Waals surface area contributed by atoms with Crippen LogP contribution in [-0.4, -0.2) is 10.5 Å². The van der Waals surface area contributed by atoms with Crippen molar-refractivity contribution in [3.8, 4) is 6.07 Å². The summed E-state index contributed by atoms with van der Waals surface area (Å²) in [6, 6.07) is 6.37. The van der Waals surface area contributed by atoms with Crippen molar-refractivity contribution in [1.29, 1.82) is 5.26 Å². The van der Waals surface area contributed by atoms with Crippen molar-refractivity contribution < 1.29 is 4.92 Å². The third-order valence-electron chi connectivity index (χ3n) is 2.67. The summed E-state index contributed by atoms with van der Waals surface area (Å²) < 4.78 is 0. The largest absolute Gasteiger partial charge is 0.375 e. The van der Waals surface area contributed by atoms with Gasteiger partial charge in [-0.2, -0.15) is 5.26 Å². The number of nitro benzene ring substituents is 1. The standard InChI is InChI=1S/C13H17N3O2/c1-4-7-13(2,3)15-11-6-5-10(9-14)8-12(11)16(17)18/h5-6,8,15H,4,7H2,1-3H3. The molecule has 0 aromatic heterocycles. The van der Waals surface area contributed by atoms with Crippen LogP contribution < -0.4 is 5.32 Å². The van der Waals surface area contributed by atoms with Crippen LogP contribution in [-0.2, 0) is 0 Å². The van der Waals surface area contributed by atoms with Crippen molar-refractivity contribution in [2.24, 2.45) is 0 Å². The molecular formula is C13H17N3O2. The molecule has 0 atom stereocenters. The van der Waals surface area contributed by atoms with Gasteiger partial charge in [-0.25, -0.2) is 0 Å². The fraction of sp³-hybridized carbons (Fsp3) is 0.462. The van der Waals surface area contributed by atoms with Gasteiger partial charge < -0.3 is 5.32 Å². The lowest BCUT2D eigenvalue weighted by Gasteiger charge is -2.26. The summed E-state index contributed by atoms with van der Waals surface area (Å²) >= 11 is 0. The van der Waals surface area contributed by atoms with Crippen LogP contribution in [0.2, 0.25) is 0 Å². The summed E-state index contributed by atoms with van der Waals surface area (Å²) in [6.07, 6.45) is 1.90. The first-order valence-corrected chi connectivity index (χ1v) is 5.86. The van der Waals surface area contributed by atoms with Crippen LogP contribution in [0, 0.1) is 21.4 Å². The van der Waals surface area contributed by atoms with Gasteiger partial charge >= 0.3 is 0 Å². The summed E-state index contributed by atoms with van der Waals surface area (Å²) in [5, 5.41) is 22.9. The smallest absolute Gasteiger partial charge is 0.293 e. The molecular weight excluding hydrogens is 230 g/mol. The number of nitrogens with zero attached hydrogens (tertiary/aromatic N) is 2. The number of anilines is 1. The van der Waals surface area contributed by atoms with Gasteiger partial charge in [0.25, 0.3) is 5.69 Å². The van der Waals surface area contributed by atoms with Gasteiger partial charge in [0.1, 0.15) is 5.69 Å². The third kappa shape index (κ3) is 3.45. The van der Waals surface area contributed by atoms with E-state index in [0.717, 1.165) is 12.8 Å². The quantitative estimate of drug-likeness (QED) is 0.638. The SMILES string of the molecule is CCCC(C)(C)Nc1ccc(C#N)cc1[N+](=O)[O-]. The van der Waals surface area contributed by atoms with E-state index in [9.17, 15) is 10.1 Å². The molecule has 96 valence electrons. The fourth-order valence-electron chi connectivity index (χ4n) is 1.91. The number of benzene rings is 1. The summed E-state index contributed by atoms with van der Waals surface area (Å²) in [4.78, 5) is 10.5. The normalized spacial score (nSPS) is 10.8. The molecule has 1 N–H and O–H groups in total. The van der Waals surface area contributed by atoms with E-state index in [4.69, 9.17) is 5.26 Å². The van der Waals surface area contributed by atoms with E-state index in [1.807, 2.05) is 19.9 Å². The highest BCUT2D eigenvalue weighted by atomic mass is 16.6. The monoisotopic (exact) mass is 247 g/mol. The second kappa shape index (κ2) is 5.50. The van der Waals surface area contributed by atoms with Crippen molar-refractivity contribution in [2.75, 3.05) is 5.32 Å². The van der Waals surface area contributed by atoms with Gasteiger partial charge in [-0.15, -0.1) is 0 Å². The summed E-state index contributed by atoms with van der Waals surface area (Å²) in [5.41, 5.74) is 0.476. The summed E-state index contributed by atoms with van der Waals surface area (Å²) in [6.45, 7) is 6.06. The molecule has 0 aliphatic rings. The molecule has 0 fully saturated rings. The molecule has 0 aliphatic carbocycles. The zero-order chi connectivity index (χ0) is 13.8. The van der Waals surface area contributed by atoms with E-state index in [0.29, 0.717) is 11.3 Å². The molecule has 0 radical (unpaired) electrons. The lowest BCUT2D eigenvalue weighted by atomic mass is 9.98. The Morgan fingerprint density at radius 2 is 2.17 bits per heavy atom. The zero-order valence-corrected chi connectivity index (χ0v) is 10.9. The van der Waals surface area contributed by atoms with Gasteiger partial charge in [0.05, 0.1) is 16.6 Å². The second-order valence-corrected chi connectivity index (χ2v) is 4.86. The van der Waals surface area contributed by atoms with E-state index < -0.39 is 4.92 Å².